The van der Waals surface area contributed by atoms with E-state index in [2.05, 4.69) is 9.82 Å². The summed E-state index contributed by atoms with van der Waals surface area (Å²) < 4.78 is 31.2. The van der Waals surface area contributed by atoms with Gasteiger partial charge >= 0.3 is 0 Å². The van der Waals surface area contributed by atoms with Gasteiger partial charge in [0.15, 0.2) is 0 Å². The Morgan fingerprint density at radius 1 is 0.862 bits per heavy atom. The van der Waals surface area contributed by atoms with E-state index >= 15 is 0 Å². The highest BCUT2D eigenvalue weighted by molar-refractivity contribution is 7.92. The molecule has 6 heteroatoms. The summed E-state index contributed by atoms with van der Waals surface area (Å²) in [5.74, 6) is 0. The Hall–Kier alpha value is -3.12. The van der Waals surface area contributed by atoms with Gasteiger partial charge in [-0.05, 0) is 23.6 Å². The number of hydrogen-bond donors (Lipinski definition) is 1. The van der Waals surface area contributed by atoms with Crippen LogP contribution in [0.25, 0.3) is 16.5 Å². The van der Waals surface area contributed by atoms with Crippen molar-refractivity contribution in [3.8, 4) is 5.69 Å². The molecule has 5 nitrogen and oxygen atoms in total. The van der Waals surface area contributed by atoms with Gasteiger partial charge in [-0.15, -0.1) is 0 Å². The number of benzene rings is 3. The van der Waals surface area contributed by atoms with Crippen LogP contribution in [0.5, 0.6) is 0 Å². The quantitative estimate of drug-likeness (QED) is 0.512. The molecule has 148 valence electrons. The Labute approximate surface area is 171 Å². The molecule has 0 aliphatic rings. The lowest BCUT2D eigenvalue weighted by atomic mass is 9.92. The lowest BCUT2D eigenvalue weighted by Gasteiger charge is -2.18. The van der Waals surface area contributed by atoms with Gasteiger partial charge in [0.2, 0.25) is 0 Å². The van der Waals surface area contributed by atoms with Crippen molar-refractivity contribution in [2.45, 2.75) is 31.1 Å². The smallest absolute Gasteiger partial charge is 0.265 e. The van der Waals surface area contributed by atoms with Gasteiger partial charge < -0.3 is 0 Å². The number of hydrogen-bond acceptors (Lipinski definition) is 3. The Balaban J connectivity index is 1.83. The topological polar surface area (TPSA) is 64.0 Å². The predicted octanol–water partition coefficient (Wildman–Crippen LogP) is 5.12. The van der Waals surface area contributed by atoms with Crippen molar-refractivity contribution in [2.24, 2.45) is 0 Å². The van der Waals surface area contributed by atoms with E-state index in [4.69, 9.17) is 0 Å². The zero-order chi connectivity index (χ0) is 20.6. The largest absolute Gasteiger partial charge is 0.279 e. The highest BCUT2D eigenvalue weighted by Crippen LogP contribution is 2.31. The molecule has 0 fully saturated rings. The predicted molar refractivity (Wildman–Crippen MR) is 117 cm³/mol. The first-order valence-electron chi connectivity index (χ1n) is 9.42. The summed E-state index contributed by atoms with van der Waals surface area (Å²) in [4.78, 5) is 0.182. The van der Waals surface area contributed by atoms with Crippen LogP contribution in [0.15, 0.2) is 83.9 Å². The number of fused-ring (bicyclic) bond motifs is 1. The summed E-state index contributed by atoms with van der Waals surface area (Å²) in [6, 6.07) is 22.8. The molecule has 0 unspecified atom stereocenters. The maximum Gasteiger partial charge on any atom is 0.265 e. The fraction of sp³-hybridized carbons (Fsp3) is 0.174. The number of rotatable bonds is 4. The van der Waals surface area contributed by atoms with E-state index < -0.39 is 15.4 Å². The van der Waals surface area contributed by atoms with Crippen LogP contribution in [0.2, 0.25) is 0 Å². The molecule has 3 aromatic carbocycles. The molecule has 0 aliphatic carbocycles. The van der Waals surface area contributed by atoms with E-state index in [1.165, 1.54) is 0 Å². The molecule has 0 saturated carbocycles. The van der Waals surface area contributed by atoms with Crippen molar-refractivity contribution < 1.29 is 8.42 Å². The van der Waals surface area contributed by atoms with Crippen LogP contribution in [0.4, 0.5) is 5.69 Å². The maximum absolute atomic E-state index is 13.4. The standard InChI is InChI=1S/C23H23N3O2S/c1-23(2,3)22-21(16-26(24-22)18-12-5-4-6-13-18)29(27,28)25-20-15-9-11-17-10-7-8-14-19(17)20/h4-16,25H,1-3H3. The molecule has 0 bridgehead atoms. The van der Waals surface area contributed by atoms with Gasteiger partial charge in [0, 0.05) is 10.8 Å². The van der Waals surface area contributed by atoms with Crippen molar-refractivity contribution in [3.05, 3.63) is 84.7 Å². The summed E-state index contributed by atoms with van der Waals surface area (Å²) in [7, 11) is -3.84. The average molecular weight is 406 g/mol. The average Bonchev–Trinajstić information content (AvgIpc) is 3.16. The number of nitrogens with one attached hydrogen (secondary N) is 1. The molecular weight excluding hydrogens is 382 g/mol. The first kappa shape index (κ1) is 19.2. The van der Waals surface area contributed by atoms with Crippen LogP contribution in [0, 0.1) is 0 Å². The van der Waals surface area contributed by atoms with E-state index in [1.54, 1.807) is 16.9 Å². The highest BCUT2D eigenvalue weighted by Gasteiger charge is 2.30. The van der Waals surface area contributed by atoms with E-state index in [1.807, 2.05) is 87.5 Å². The number of nitrogens with zero attached hydrogens (tertiary/aromatic N) is 2. The van der Waals surface area contributed by atoms with Crippen molar-refractivity contribution in [1.82, 2.24) is 9.78 Å². The van der Waals surface area contributed by atoms with E-state index in [0.29, 0.717) is 11.4 Å². The van der Waals surface area contributed by atoms with Crippen LogP contribution in [-0.2, 0) is 15.4 Å². The summed E-state index contributed by atoms with van der Waals surface area (Å²) in [6.45, 7) is 5.88. The van der Waals surface area contributed by atoms with E-state index in [9.17, 15) is 8.42 Å². The number of sulfonamides is 1. The lowest BCUT2D eigenvalue weighted by Crippen LogP contribution is -2.20. The number of anilines is 1. The number of para-hydroxylation sites is 1. The summed E-state index contributed by atoms with van der Waals surface area (Å²) in [6.07, 6.45) is 1.59. The molecular formula is C23H23N3O2S. The Morgan fingerprint density at radius 2 is 1.52 bits per heavy atom. The second kappa shape index (κ2) is 7.04. The molecule has 0 aliphatic heterocycles. The minimum absolute atomic E-state index is 0.182. The van der Waals surface area contributed by atoms with E-state index in [0.717, 1.165) is 16.5 Å². The van der Waals surface area contributed by atoms with Crippen molar-refractivity contribution in [2.75, 3.05) is 4.72 Å². The minimum atomic E-state index is -3.84. The molecule has 1 heterocycles. The molecule has 0 amide bonds. The molecule has 0 spiro atoms. The Morgan fingerprint density at radius 3 is 2.24 bits per heavy atom. The first-order chi connectivity index (χ1) is 13.8. The maximum atomic E-state index is 13.4. The second-order valence-corrected chi connectivity index (χ2v) is 9.66. The fourth-order valence-electron chi connectivity index (χ4n) is 3.30. The summed E-state index contributed by atoms with van der Waals surface area (Å²) >= 11 is 0. The van der Waals surface area contributed by atoms with Crippen LogP contribution in [0.3, 0.4) is 0 Å². The number of aromatic nitrogens is 2. The van der Waals surface area contributed by atoms with Gasteiger partial charge in [-0.2, -0.15) is 5.10 Å². The molecule has 1 aromatic heterocycles. The molecule has 0 radical (unpaired) electrons. The molecule has 0 saturated heterocycles. The minimum Gasteiger partial charge on any atom is -0.279 e. The molecule has 29 heavy (non-hydrogen) atoms. The van der Waals surface area contributed by atoms with Gasteiger partial charge in [-0.3, -0.25) is 4.72 Å². The monoisotopic (exact) mass is 405 g/mol. The van der Waals surface area contributed by atoms with E-state index in [-0.39, 0.29) is 4.90 Å². The van der Waals surface area contributed by atoms with Gasteiger partial charge in [0.1, 0.15) is 4.90 Å². The zero-order valence-corrected chi connectivity index (χ0v) is 17.4. The van der Waals surface area contributed by atoms with Crippen LogP contribution < -0.4 is 4.72 Å². The van der Waals surface area contributed by atoms with Crippen LogP contribution in [0.1, 0.15) is 26.5 Å². The van der Waals surface area contributed by atoms with Gasteiger partial charge in [0.25, 0.3) is 10.0 Å². The zero-order valence-electron chi connectivity index (χ0n) is 16.6. The summed E-state index contributed by atoms with van der Waals surface area (Å²) in [5.41, 5.74) is 1.44. The molecule has 4 aromatic rings. The van der Waals surface area contributed by atoms with Crippen molar-refractivity contribution in [3.63, 3.8) is 0 Å². The third-order valence-corrected chi connectivity index (χ3v) is 6.10. The summed E-state index contributed by atoms with van der Waals surface area (Å²) in [5, 5.41) is 6.45. The lowest BCUT2D eigenvalue weighted by molar-refractivity contribution is 0.543. The van der Waals surface area contributed by atoms with Crippen molar-refractivity contribution in [1.29, 1.82) is 0 Å². The molecule has 1 N–H and O–H groups in total. The van der Waals surface area contributed by atoms with Gasteiger partial charge in [0.05, 0.1) is 23.3 Å². The molecule has 4 rings (SSSR count). The second-order valence-electron chi connectivity index (χ2n) is 8.00. The van der Waals surface area contributed by atoms with Crippen LogP contribution in [-0.4, -0.2) is 18.2 Å². The van der Waals surface area contributed by atoms with Crippen LogP contribution >= 0.6 is 0 Å². The normalized spacial score (nSPS) is 12.2. The Bertz CT molecular complexity index is 1270. The first-order valence-corrected chi connectivity index (χ1v) is 10.9. The Kier molecular flexibility index (Phi) is 4.67. The third kappa shape index (κ3) is 3.76. The highest BCUT2D eigenvalue weighted by atomic mass is 32.2. The van der Waals surface area contributed by atoms with Gasteiger partial charge in [-0.25, -0.2) is 13.1 Å². The SMILES string of the molecule is CC(C)(C)c1nn(-c2ccccc2)cc1S(=O)(=O)Nc1cccc2ccccc12. The fourth-order valence-corrected chi connectivity index (χ4v) is 4.72. The molecule has 0 atom stereocenters. The van der Waals surface area contributed by atoms with Gasteiger partial charge in [-0.1, -0.05) is 75.4 Å². The third-order valence-electron chi connectivity index (χ3n) is 4.74. The van der Waals surface area contributed by atoms with Crippen molar-refractivity contribution >= 4 is 26.5 Å².